The predicted octanol–water partition coefficient (Wildman–Crippen LogP) is 0.328. The zero-order valence-electron chi connectivity index (χ0n) is 8.56. The minimum absolute atomic E-state index is 0.0750. The third kappa shape index (κ3) is 2.28. The quantitative estimate of drug-likeness (QED) is 0.352. The van der Waals surface area contributed by atoms with Crippen LogP contribution in [0.2, 0.25) is 0 Å². The number of hydrogen-bond donors (Lipinski definition) is 1. The van der Waals surface area contributed by atoms with Crippen LogP contribution in [0.3, 0.4) is 0 Å². The molecule has 2 aromatic heterocycles. The van der Waals surface area contributed by atoms with E-state index < -0.39 is 5.78 Å². The van der Waals surface area contributed by atoms with Gasteiger partial charge in [-0.25, -0.2) is 4.98 Å². The van der Waals surface area contributed by atoms with Crippen LogP contribution in [-0.2, 0) is 0 Å². The highest BCUT2D eigenvalue weighted by Crippen LogP contribution is 2.02. The van der Waals surface area contributed by atoms with Crippen molar-refractivity contribution in [3.05, 3.63) is 48.6 Å². The number of aromatic nitrogens is 4. The molecule has 0 aliphatic heterocycles. The van der Waals surface area contributed by atoms with Crippen molar-refractivity contribution in [2.45, 2.75) is 0 Å². The summed E-state index contributed by atoms with van der Waals surface area (Å²) in [5.74, 6) is -0.568. The first-order valence-corrected chi connectivity index (χ1v) is 4.62. The third-order valence-corrected chi connectivity index (χ3v) is 1.92. The van der Waals surface area contributed by atoms with E-state index in [1.165, 1.54) is 37.2 Å². The molecule has 0 unspecified atom stereocenters. The molecule has 0 saturated carbocycles. The molecule has 7 heteroatoms. The van der Waals surface area contributed by atoms with Crippen LogP contribution in [0, 0.1) is 0 Å². The standard InChI is InChI=1S/C10H7N5O2/c16-10(8-6-12-2-4-14-8)9(15-17)7-5-11-1-3-13-7/h1-6,17H. The molecular formula is C10H7N5O2. The topological polar surface area (TPSA) is 101 Å². The van der Waals surface area contributed by atoms with Gasteiger partial charge in [0.15, 0.2) is 5.71 Å². The molecule has 0 saturated heterocycles. The molecule has 2 heterocycles. The number of carbonyl (C=O) groups excluding carboxylic acids is 1. The molecule has 0 spiro atoms. The smallest absolute Gasteiger partial charge is 0.236 e. The molecule has 0 atom stereocenters. The lowest BCUT2D eigenvalue weighted by atomic mass is 10.1. The Labute approximate surface area is 95.9 Å². The third-order valence-electron chi connectivity index (χ3n) is 1.92. The Hall–Kier alpha value is -2.70. The van der Waals surface area contributed by atoms with Crippen LogP contribution in [-0.4, -0.2) is 36.6 Å². The maximum atomic E-state index is 11.9. The molecule has 0 aliphatic carbocycles. The van der Waals surface area contributed by atoms with Gasteiger partial charge in [0.2, 0.25) is 5.78 Å². The average molecular weight is 229 g/mol. The van der Waals surface area contributed by atoms with Gasteiger partial charge in [0.05, 0.1) is 12.4 Å². The van der Waals surface area contributed by atoms with Crippen LogP contribution >= 0.6 is 0 Å². The van der Waals surface area contributed by atoms with Gasteiger partial charge in [-0.1, -0.05) is 5.16 Å². The summed E-state index contributed by atoms with van der Waals surface area (Å²) in [7, 11) is 0. The van der Waals surface area contributed by atoms with E-state index in [0.29, 0.717) is 0 Å². The number of carbonyl (C=O) groups is 1. The van der Waals surface area contributed by atoms with Gasteiger partial charge in [-0.05, 0) is 0 Å². The summed E-state index contributed by atoms with van der Waals surface area (Å²) in [5.41, 5.74) is 0.0233. The number of hydrogen-bond acceptors (Lipinski definition) is 7. The van der Waals surface area contributed by atoms with Gasteiger partial charge in [0.1, 0.15) is 11.4 Å². The highest BCUT2D eigenvalue weighted by atomic mass is 16.4. The van der Waals surface area contributed by atoms with Crippen LogP contribution in [0.25, 0.3) is 0 Å². The van der Waals surface area contributed by atoms with E-state index in [0.717, 1.165) is 0 Å². The Bertz CT molecular complexity index is 541. The molecule has 0 fully saturated rings. The largest absolute Gasteiger partial charge is 0.410 e. The normalized spacial score (nSPS) is 11.2. The highest BCUT2D eigenvalue weighted by molar-refractivity contribution is 6.50. The zero-order chi connectivity index (χ0) is 12.1. The lowest BCUT2D eigenvalue weighted by molar-refractivity contribution is 0.105. The fourth-order valence-corrected chi connectivity index (χ4v) is 1.17. The lowest BCUT2D eigenvalue weighted by Crippen LogP contribution is -2.18. The Morgan fingerprint density at radius 3 is 2.06 bits per heavy atom. The number of Topliss-reactive ketones (excluding diaryl/α,β-unsaturated/α-hetero) is 1. The molecule has 0 radical (unpaired) electrons. The van der Waals surface area contributed by atoms with Crippen LogP contribution in [0.1, 0.15) is 16.2 Å². The second-order valence-electron chi connectivity index (χ2n) is 2.96. The minimum Gasteiger partial charge on any atom is -0.410 e. The van der Waals surface area contributed by atoms with Gasteiger partial charge in [0, 0.05) is 24.8 Å². The van der Waals surface area contributed by atoms with E-state index in [2.05, 4.69) is 25.1 Å². The van der Waals surface area contributed by atoms with Crippen molar-refractivity contribution >= 4 is 11.5 Å². The van der Waals surface area contributed by atoms with E-state index in [1.54, 1.807) is 0 Å². The monoisotopic (exact) mass is 229 g/mol. The second-order valence-corrected chi connectivity index (χ2v) is 2.96. The SMILES string of the molecule is O=C(C(=NO)c1cnccn1)c1cnccn1. The van der Waals surface area contributed by atoms with Gasteiger partial charge in [-0.3, -0.25) is 19.7 Å². The van der Waals surface area contributed by atoms with Crippen molar-refractivity contribution in [1.82, 2.24) is 19.9 Å². The molecule has 0 bridgehead atoms. The molecule has 2 aromatic rings. The fraction of sp³-hybridized carbons (Fsp3) is 0. The molecule has 0 amide bonds. The first kappa shape index (κ1) is 10.8. The molecular weight excluding hydrogens is 222 g/mol. The van der Waals surface area contributed by atoms with Crippen molar-refractivity contribution in [2.24, 2.45) is 5.16 Å². The van der Waals surface area contributed by atoms with Crippen LogP contribution in [0.5, 0.6) is 0 Å². The summed E-state index contributed by atoms with van der Waals surface area (Å²) >= 11 is 0. The summed E-state index contributed by atoms with van der Waals surface area (Å²) < 4.78 is 0. The van der Waals surface area contributed by atoms with E-state index in [9.17, 15) is 4.79 Å². The molecule has 0 aliphatic rings. The van der Waals surface area contributed by atoms with Gasteiger partial charge < -0.3 is 5.21 Å². The van der Waals surface area contributed by atoms with Crippen molar-refractivity contribution in [3.63, 3.8) is 0 Å². The van der Waals surface area contributed by atoms with Gasteiger partial charge >= 0.3 is 0 Å². The molecule has 17 heavy (non-hydrogen) atoms. The Kier molecular flexibility index (Phi) is 3.10. The minimum atomic E-state index is -0.568. The van der Waals surface area contributed by atoms with E-state index in [-0.39, 0.29) is 17.1 Å². The van der Waals surface area contributed by atoms with Gasteiger partial charge in [-0.15, -0.1) is 0 Å². The first-order chi connectivity index (χ1) is 8.33. The van der Waals surface area contributed by atoms with Crippen LogP contribution < -0.4 is 0 Å². The van der Waals surface area contributed by atoms with Crippen molar-refractivity contribution < 1.29 is 10.0 Å². The van der Waals surface area contributed by atoms with Crippen LogP contribution in [0.15, 0.2) is 42.3 Å². The van der Waals surface area contributed by atoms with Crippen molar-refractivity contribution in [3.8, 4) is 0 Å². The maximum absolute atomic E-state index is 11.9. The Balaban J connectivity index is 2.37. The maximum Gasteiger partial charge on any atom is 0.236 e. The molecule has 84 valence electrons. The average Bonchev–Trinajstić information content (AvgIpc) is 2.42. The summed E-state index contributed by atoms with van der Waals surface area (Å²) in [5, 5.41) is 11.8. The number of rotatable bonds is 3. The number of nitrogens with zero attached hydrogens (tertiary/aromatic N) is 5. The molecule has 0 aromatic carbocycles. The predicted molar refractivity (Wildman–Crippen MR) is 56.7 cm³/mol. The molecule has 1 N–H and O–H groups in total. The van der Waals surface area contributed by atoms with Gasteiger partial charge in [0.25, 0.3) is 0 Å². The summed E-state index contributed by atoms with van der Waals surface area (Å²) in [4.78, 5) is 27.2. The fourth-order valence-electron chi connectivity index (χ4n) is 1.17. The van der Waals surface area contributed by atoms with E-state index >= 15 is 0 Å². The zero-order valence-corrected chi connectivity index (χ0v) is 8.56. The first-order valence-electron chi connectivity index (χ1n) is 4.62. The van der Waals surface area contributed by atoms with Gasteiger partial charge in [-0.2, -0.15) is 0 Å². The Morgan fingerprint density at radius 1 is 1.00 bits per heavy atom. The van der Waals surface area contributed by atoms with Crippen LogP contribution in [0.4, 0.5) is 0 Å². The van der Waals surface area contributed by atoms with Crippen molar-refractivity contribution in [2.75, 3.05) is 0 Å². The number of oxime groups is 1. The summed E-state index contributed by atoms with van der Waals surface area (Å²) in [6.45, 7) is 0. The van der Waals surface area contributed by atoms with E-state index in [1.807, 2.05) is 0 Å². The second kappa shape index (κ2) is 4.88. The van der Waals surface area contributed by atoms with Crippen molar-refractivity contribution in [1.29, 1.82) is 0 Å². The summed E-state index contributed by atoms with van der Waals surface area (Å²) in [6.07, 6.45) is 8.26. The Morgan fingerprint density at radius 2 is 1.59 bits per heavy atom. The molecule has 7 nitrogen and oxygen atoms in total. The summed E-state index contributed by atoms with van der Waals surface area (Å²) in [6, 6.07) is 0. The lowest BCUT2D eigenvalue weighted by Gasteiger charge is -2.00. The number of ketones is 1. The molecule has 2 rings (SSSR count). The highest BCUT2D eigenvalue weighted by Gasteiger charge is 2.19. The van der Waals surface area contributed by atoms with E-state index in [4.69, 9.17) is 5.21 Å².